The summed E-state index contributed by atoms with van der Waals surface area (Å²) >= 11 is 11.9. The molecule has 0 aliphatic carbocycles. The van der Waals surface area contributed by atoms with Gasteiger partial charge in [-0.25, -0.2) is 9.99 Å². The predicted molar refractivity (Wildman–Crippen MR) is 103 cm³/mol. The average molecular weight is 431 g/mol. The maximum Gasteiger partial charge on any atom is 0.434 e. The number of carbonyl (C=O) groups is 1. The van der Waals surface area contributed by atoms with E-state index in [-0.39, 0.29) is 10.6 Å². The summed E-state index contributed by atoms with van der Waals surface area (Å²) in [7, 11) is 0. The first-order valence-corrected chi connectivity index (χ1v) is 8.95. The minimum Gasteiger partial charge on any atom is -0.374 e. The van der Waals surface area contributed by atoms with Crippen LogP contribution in [-0.2, 0) is 6.18 Å². The molecule has 0 aliphatic heterocycles. The number of anilines is 1. The highest BCUT2D eigenvalue weighted by Gasteiger charge is 2.38. The third-order valence-electron chi connectivity index (χ3n) is 3.47. The molecule has 3 rings (SSSR count). The number of fused-ring (bicyclic) bond motifs is 1. The SMILES string of the molecule is NC(=S)N(NC(=O)c1cc2sccc2nc1C(F)(F)F)c1ccc(Cl)cc1. The number of hydrazine groups is 1. The number of nitrogens with zero attached hydrogens (tertiary/aromatic N) is 2. The van der Waals surface area contributed by atoms with E-state index in [1.54, 1.807) is 5.38 Å². The lowest BCUT2D eigenvalue weighted by atomic mass is 10.1. The Hall–Kier alpha value is -2.43. The first-order chi connectivity index (χ1) is 12.7. The standard InChI is InChI=1S/C16H10ClF3N4OS2/c17-8-1-3-9(4-2-8)24(15(21)26)23-14(25)10-7-12-11(5-6-27-12)22-13(10)16(18,19)20/h1-7H,(H2,21,26)(H,23,25). The Morgan fingerprint density at radius 2 is 1.93 bits per heavy atom. The highest BCUT2D eigenvalue weighted by Crippen LogP contribution is 2.33. The van der Waals surface area contributed by atoms with Crippen LogP contribution < -0.4 is 16.2 Å². The first kappa shape index (κ1) is 19.3. The third-order valence-corrected chi connectivity index (χ3v) is 4.76. The van der Waals surface area contributed by atoms with Crippen LogP contribution >= 0.6 is 35.2 Å². The number of nitrogens with one attached hydrogen (secondary N) is 1. The number of amides is 1. The molecule has 3 N–H and O–H groups in total. The van der Waals surface area contributed by atoms with Crippen LogP contribution in [0.2, 0.25) is 5.02 Å². The van der Waals surface area contributed by atoms with E-state index in [1.807, 2.05) is 0 Å². The molecular weight excluding hydrogens is 421 g/mol. The molecule has 0 saturated heterocycles. The van der Waals surface area contributed by atoms with E-state index in [9.17, 15) is 18.0 Å². The first-order valence-electron chi connectivity index (χ1n) is 7.28. The minimum absolute atomic E-state index is 0.160. The van der Waals surface area contributed by atoms with Gasteiger partial charge in [0.15, 0.2) is 10.8 Å². The molecule has 140 valence electrons. The lowest BCUT2D eigenvalue weighted by molar-refractivity contribution is -0.141. The number of benzene rings is 1. The molecule has 3 aromatic rings. The second-order valence-electron chi connectivity index (χ2n) is 5.28. The number of aromatic nitrogens is 1. The third kappa shape index (κ3) is 4.12. The van der Waals surface area contributed by atoms with Gasteiger partial charge in [-0.3, -0.25) is 10.2 Å². The van der Waals surface area contributed by atoms with Crippen molar-refractivity contribution >= 4 is 62.1 Å². The Morgan fingerprint density at radius 1 is 1.26 bits per heavy atom. The number of thiophene rings is 1. The summed E-state index contributed by atoms with van der Waals surface area (Å²) < 4.78 is 40.6. The molecule has 0 saturated carbocycles. The fraction of sp³-hybridized carbons (Fsp3) is 0.0625. The van der Waals surface area contributed by atoms with E-state index in [1.165, 1.54) is 41.7 Å². The van der Waals surface area contributed by atoms with Gasteiger partial charge in [-0.15, -0.1) is 11.3 Å². The number of hydrogen-bond donors (Lipinski definition) is 2. The molecule has 0 atom stereocenters. The van der Waals surface area contributed by atoms with Crippen molar-refractivity contribution < 1.29 is 18.0 Å². The lowest BCUT2D eigenvalue weighted by Crippen LogP contribution is -2.49. The second-order valence-corrected chi connectivity index (χ2v) is 7.08. The number of carbonyl (C=O) groups excluding carboxylic acids is 1. The monoisotopic (exact) mass is 430 g/mol. The predicted octanol–water partition coefficient (Wildman–Crippen LogP) is 4.36. The number of pyridine rings is 1. The van der Waals surface area contributed by atoms with E-state index < -0.39 is 23.3 Å². The zero-order chi connectivity index (χ0) is 19.8. The van der Waals surface area contributed by atoms with Gasteiger partial charge in [0.05, 0.1) is 21.5 Å². The number of alkyl halides is 3. The molecule has 0 radical (unpaired) electrons. The molecule has 11 heteroatoms. The molecule has 5 nitrogen and oxygen atoms in total. The summed E-state index contributed by atoms with van der Waals surface area (Å²) in [6.07, 6.45) is -4.81. The largest absolute Gasteiger partial charge is 0.434 e. The van der Waals surface area contributed by atoms with Gasteiger partial charge in [0.1, 0.15) is 0 Å². The van der Waals surface area contributed by atoms with Crippen molar-refractivity contribution in [3.63, 3.8) is 0 Å². The number of halogens is 4. The Bertz CT molecular complexity index is 1020. The Balaban J connectivity index is 2.01. The second kappa shape index (κ2) is 7.29. The van der Waals surface area contributed by atoms with Gasteiger partial charge in [-0.1, -0.05) is 11.6 Å². The summed E-state index contributed by atoms with van der Waals surface area (Å²) in [5.74, 6) is -1.05. The average Bonchev–Trinajstić information content (AvgIpc) is 3.06. The maximum absolute atomic E-state index is 13.4. The molecule has 27 heavy (non-hydrogen) atoms. The van der Waals surface area contributed by atoms with Crippen LogP contribution in [0.3, 0.4) is 0 Å². The van der Waals surface area contributed by atoms with Crippen molar-refractivity contribution in [3.8, 4) is 0 Å². The molecule has 0 spiro atoms. The number of nitrogens with two attached hydrogens (primary N) is 1. The van der Waals surface area contributed by atoms with Gasteiger partial charge in [-0.2, -0.15) is 13.2 Å². The Morgan fingerprint density at radius 3 is 2.52 bits per heavy atom. The van der Waals surface area contributed by atoms with Crippen LogP contribution in [0.25, 0.3) is 10.2 Å². The summed E-state index contributed by atoms with van der Waals surface area (Å²) in [5, 5.41) is 2.76. The van der Waals surface area contributed by atoms with Gasteiger partial charge in [0.25, 0.3) is 5.91 Å². The maximum atomic E-state index is 13.4. The van der Waals surface area contributed by atoms with E-state index in [4.69, 9.17) is 29.6 Å². The number of hydrogen-bond acceptors (Lipinski definition) is 4. The topological polar surface area (TPSA) is 71.2 Å². The molecule has 0 aliphatic rings. The highest BCUT2D eigenvalue weighted by molar-refractivity contribution is 7.80. The minimum atomic E-state index is -4.81. The summed E-state index contributed by atoms with van der Waals surface area (Å²) in [5.41, 5.74) is 6.47. The number of rotatable bonds is 2. The molecule has 0 unspecified atom stereocenters. The van der Waals surface area contributed by atoms with Gasteiger partial charge in [-0.05, 0) is 54.0 Å². The van der Waals surface area contributed by atoms with Gasteiger partial charge < -0.3 is 5.73 Å². The molecule has 0 fully saturated rings. The normalized spacial score (nSPS) is 11.4. The molecule has 0 bridgehead atoms. The van der Waals surface area contributed by atoms with E-state index in [0.29, 0.717) is 15.4 Å². The fourth-order valence-corrected chi connectivity index (χ4v) is 3.32. The zero-order valence-electron chi connectivity index (χ0n) is 13.2. The summed E-state index contributed by atoms with van der Waals surface area (Å²) in [4.78, 5) is 16.2. The molecule has 2 aromatic heterocycles. The highest BCUT2D eigenvalue weighted by atomic mass is 35.5. The van der Waals surface area contributed by atoms with Gasteiger partial charge in [0, 0.05) is 5.02 Å². The Kier molecular flexibility index (Phi) is 5.22. The van der Waals surface area contributed by atoms with Crippen molar-refractivity contribution in [3.05, 3.63) is 58.1 Å². The van der Waals surface area contributed by atoms with Crippen molar-refractivity contribution in [1.29, 1.82) is 0 Å². The van der Waals surface area contributed by atoms with Crippen LogP contribution in [0.5, 0.6) is 0 Å². The lowest BCUT2D eigenvalue weighted by Gasteiger charge is -2.24. The van der Waals surface area contributed by atoms with Gasteiger partial charge >= 0.3 is 6.18 Å². The van der Waals surface area contributed by atoms with E-state index in [0.717, 1.165) is 11.1 Å². The van der Waals surface area contributed by atoms with Gasteiger partial charge in [0.2, 0.25) is 0 Å². The van der Waals surface area contributed by atoms with Crippen LogP contribution in [0.1, 0.15) is 16.1 Å². The molecule has 1 aromatic carbocycles. The fourth-order valence-electron chi connectivity index (χ4n) is 2.28. The van der Waals surface area contributed by atoms with Crippen molar-refractivity contribution in [2.75, 3.05) is 5.01 Å². The smallest absolute Gasteiger partial charge is 0.374 e. The van der Waals surface area contributed by atoms with Crippen molar-refractivity contribution in [2.45, 2.75) is 6.18 Å². The molecule has 1 amide bonds. The zero-order valence-corrected chi connectivity index (χ0v) is 15.6. The molecule has 2 heterocycles. The van der Waals surface area contributed by atoms with Crippen LogP contribution in [0.15, 0.2) is 41.8 Å². The van der Waals surface area contributed by atoms with E-state index in [2.05, 4.69) is 10.4 Å². The molecular formula is C16H10ClF3N4OS2. The summed E-state index contributed by atoms with van der Waals surface area (Å²) in [6, 6.07) is 8.65. The summed E-state index contributed by atoms with van der Waals surface area (Å²) in [6.45, 7) is 0. The van der Waals surface area contributed by atoms with Crippen molar-refractivity contribution in [2.24, 2.45) is 5.73 Å². The van der Waals surface area contributed by atoms with Crippen LogP contribution in [0.4, 0.5) is 18.9 Å². The van der Waals surface area contributed by atoms with E-state index >= 15 is 0 Å². The van der Waals surface area contributed by atoms with Crippen LogP contribution in [-0.4, -0.2) is 16.0 Å². The van der Waals surface area contributed by atoms with Crippen LogP contribution in [0, 0.1) is 0 Å². The quantitative estimate of drug-likeness (QED) is 0.467. The van der Waals surface area contributed by atoms with Crippen molar-refractivity contribution in [1.82, 2.24) is 10.4 Å². The number of thiocarbonyl (C=S) groups is 1. The Labute approximate surface area is 165 Å².